The standard InChI is InChI=1S/C24H30N4O2/c1-15(2)9-12-22(23-25-18-11-10-17(14-29)13-19(18)26-23)28-21-8-6-5-7-20(21)27(16(3)4)24(28)30/h5-8,10-11,13,15-16,22,29H,9,12,14H2,1-4H3,(H,25,26). The number of para-hydroxylation sites is 2. The van der Waals surface area contributed by atoms with E-state index < -0.39 is 0 Å². The predicted molar refractivity (Wildman–Crippen MR) is 121 cm³/mol. The zero-order chi connectivity index (χ0) is 21.4. The molecule has 2 aromatic carbocycles. The van der Waals surface area contributed by atoms with Crippen molar-refractivity contribution >= 4 is 22.1 Å². The Morgan fingerprint density at radius 3 is 2.33 bits per heavy atom. The van der Waals surface area contributed by atoms with E-state index in [-0.39, 0.29) is 24.4 Å². The first-order chi connectivity index (χ1) is 14.4. The van der Waals surface area contributed by atoms with E-state index in [1.165, 1.54) is 0 Å². The maximum atomic E-state index is 13.6. The fourth-order valence-corrected chi connectivity index (χ4v) is 4.21. The summed E-state index contributed by atoms with van der Waals surface area (Å²) in [7, 11) is 0. The lowest BCUT2D eigenvalue weighted by molar-refractivity contribution is 0.282. The molecule has 0 aliphatic heterocycles. The molecule has 2 N–H and O–H groups in total. The first kappa shape index (κ1) is 20.4. The van der Waals surface area contributed by atoms with Crippen molar-refractivity contribution in [1.82, 2.24) is 19.1 Å². The van der Waals surface area contributed by atoms with Crippen molar-refractivity contribution in [3.63, 3.8) is 0 Å². The molecule has 6 nitrogen and oxygen atoms in total. The number of hydrogen-bond donors (Lipinski definition) is 2. The predicted octanol–water partition coefficient (Wildman–Crippen LogP) is 4.78. The quantitative estimate of drug-likeness (QED) is 0.464. The second-order valence-corrected chi connectivity index (χ2v) is 8.72. The molecule has 2 heterocycles. The van der Waals surface area contributed by atoms with Crippen molar-refractivity contribution < 1.29 is 5.11 Å². The Hall–Kier alpha value is -2.86. The molecular formula is C24H30N4O2. The summed E-state index contributed by atoms with van der Waals surface area (Å²) < 4.78 is 3.77. The highest BCUT2D eigenvalue weighted by Gasteiger charge is 2.25. The first-order valence-electron chi connectivity index (χ1n) is 10.7. The molecule has 0 saturated heterocycles. The highest BCUT2D eigenvalue weighted by atomic mass is 16.3. The van der Waals surface area contributed by atoms with Gasteiger partial charge in [0, 0.05) is 6.04 Å². The van der Waals surface area contributed by atoms with E-state index >= 15 is 0 Å². The van der Waals surface area contributed by atoms with Gasteiger partial charge in [0.2, 0.25) is 0 Å². The highest BCUT2D eigenvalue weighted by Crippen LogP contribution is 2.29. The number of H-pyrrole nitrogens is 1. The normalized spacial score (nSPS) is 13.2. The highest BCUT2D eigenvalue weighted by molar-refractivity contribution is 5.78. The van der Waals surface area contributed by atoms with Crippen LogP contribution in [-0.4, -0.2) is 24.2 Å². The monoisotopic (exact) mass is 406 g/mol. The molecule has 0 amide bonds. The van der Waals surface area contributed by atoms with Crippen molar-refractivity contribution in [2.24, 2.45) is 5.92 Å². The summed E-state index contributed by atoms with van der Waals surface area (Å²) >= 11 is 0. The van der Waals surface area contributed by atoms with Crippen LogP contribution in [0.15, 0.2) is 47.3 Å². The Morgan fingerprint density at radius 2 is 1.70 bits per heavy atom. The van der Waals surface area contributed by atoms with E-state index in [1.807, 2.05) is 65.4 Å². The Labute approximate surface area is 176 Å². The molecule has 0 spiro atoms. The molecule has 0 radical (unpaired) electrons. The van der Waals surface area contributed by atoms with Crippen LogP contribution in [0.25, 0.3) is 22.1 Å². The molecule has 158 valence electrons. The average molecular weight is 407 g/mol. The Bertz CT molecular complexity index is 1230. The molecule has 6 heteroatoms. The van der Waals surface area contributed by atoms with Crippen LogP contribution in [0, 0.1) is 5.92 Å². The van der Waals surface area contributed by atoms with E-state index in [0.29, 0.717) is 5.92 Å². The number of rotatable bonds is 7. The van der Waals surface area contributed by atoms with E-state index in [9.17, 15) is 9.90 Å². The first-order valence-corrected chi connectivity index (χ1v) is 10.7. The number of aliphatic hydroxyl groups is 1. The summed E-state index contributed by atoms with van der Waals surface area (Å²) in [5, 5.41) is 9.46. The Balaban J connectivity index is 1.93. The minimum absolute atomic E-state index is 0.00328. The van der Waals surface area contributed by atoms with Crippen LogP contribution in [0.3, 0.4) is 0 Å². The number of aromatic amines is 1. The van der Waals surface area contributed by atoms with Crippen LogP contribution in [0.1, 0.15) is 64.0 Å². The number of fused-ring (bicyclic) bond motifs is 2. The SMILES string of the molecule is CC(C)CCC(c1nc2ccc(CO)cc2[nH]1)n1c(=O)n(C(C)C)c2ccccc21. The van der Waals surface area contributed by atoms with E-state index in [4.69, 9.17) is 4.98 Å². The third-order valence-corrected chi connectivity index (χ3v) is 5.72. The smallest absolute Gasteiger partial charge is 0.330 e. The summed E-state index contributed by atoms with van der Waals surface area (Å²) in [6, 6.07) is 13.6. The van der Waals surface area contributed by atoms with Gasteiger partial charge in [-0.15, -0.1) is 0 Å². The fraction of sp³-hybridized carbons (Fsp3) is 0.417. The van der Waals surface area contributed by atoms with Gasteiger partial charge in [0.15, 0.2) is 0 Å². The van der Waals surface area contributed by atoms with Crippen molar-refractivity contribution in [3.05, 3.63) is 64.3 Å². The molecule has 1 unspecified atom stereocenters. The number of aliphatic hydroxyl groups excluding tert-OH is 1. The largest absolute Gasteiger partial charge is 0.392 e. The summed E-state index contributed by atoms with van der Waals surface area (Å²) in [6.07, 6.45) is 1.80. The average Bonchev–Trinajstić information content (AvgIpc) is 3.26. The van der Waals surface area contributed by atoms with Crippen LogP contribution in [-0.2, 0) is 6.61 Å². The topological polar surface area (TPSA) is 75.8 Å². The third-order valence-electron chi connectivity index (χ3n) is 5.72. The lowest BCUT2D eigenvalue weighted by atomic mass is 10.0. The number of aromatic nitrogens is 4. The molecule has 4 rings (SSSR count). The molecule has 0 bridgehead atoms. The van der Waals surface area contributed by atoms with Gasteiger partial charge in [-0.25, -0.2) is 9.78 Å². The maximum absolute atomic E-state index is 13.6. The van der Waals surface area contributed by atoms with Crippen LogP contribution in [0.4, 0.5) is 0 Å². The van der Waals surface area contributed by atoms with Crippen molar-refractivity contribution in [2.75, 3.05) is 0 Å². The van der Waals surface area contributed by atoms with Gasteiger partial charge in [-0.05, 0) is 62.4 Å². The van der Waals surface area contributed by atoms with Gasteiger partial charge >= 0.3 is 5.69 Å². The van der Waals surface area contributed by atoms with Gasteiger partial charge in [-0.1, -0.05) is 32.0 Å². The van der Waals surface area contributed by atoms with E-state index in [2.05, 4.69) is 18.8 Å². The van der Waals surface area contributed by atoms with Gasteiger partial charge in [-0.2, -0.15) is 0 Å². The molecule has 1 atom stereocenters. The van der Waals surface area contributed by atoms with Gasteiger partial charge in [-0.3, -0.25) is 9.13 Å². The van der Waals surface area contributed by atoms with E-state index in [0.717, 1.165) is 46.3 Å². The Morgan fingerprint density at radius 1 is 1.00 bits per heavy atom. The molecule has 2 aromatic heterocycles. The van der Waals surface area contributed by atoms with Crippen LogP contribution < -0.4 is 5.69 Å². The maximum Gasteiger partial charge on any atom is 0.330 e. The van der Waals surface area contributed by atoms with Crippen LogP contribution in [0.5, 0.6) is 0 Å². The molecule has 4 aromatic rings. The van der Waals surface area contributed by atoms with Gasteiger partial charge < -0.3 is 10.1 Å². The molecule has 30 heavy (non-hydrogen) atoms. The number of nitrogens with one attached hydrogen (secondary N) is 1. The van der Waals surface area contributed by atoms with Crippen LogP contribution in [0.2, 0.25) is 0 Å². The lowest BCUT2D eigenvalue weighted by Crippen LogP contribution is -2.29. The number of benzene rings is 2. The second-order valence-electron chi connectivity index (χ2n) is 8.72. The molecule has 0 fully saturated rings. The summed E-state index contributed by atoms with van der Waals surface area (Å²) in [5.74, 6) is 1.31. The number of imidazole rings is 2. The summed E-state index contributed by atoms with van der Waals surface area (Å²) in [6.45, 7) is 8.47. The minimum atomic E-state index is -0.185. The van der Waals surface area contributed by atoms with Gasteiger partial charge in [0.1, 0.15) is 5.82 Å². The fourth-order valence-electron chi connectivity index (χ4n) is 4.21. The molecule has 0 saturated carbocycles. The van der Waals surface area contributed by atoms with E-state index in [1.54, 1.807) is 0 Å². The summed E-state index contributed by atoms with van der Waals surface area (Å²) in [5.41, 5.74) is 4.44. The molecule has 0 aliphatic carbocycles. The minimum Gasteiger partial charge on any atom is -0.392 e. The van der Waals surface area contributed by atoms with Gasteiger partial charge in [0.05, 0.1) is 34.7 Å². The van der Waals surface area contributed by atoms with Gasteiger partial charge in [0.25, 0.3) is 0 Å². The summed E-state index contributed by atoms with van der Waals surface area (Å²) in [4.78, 5) is 21.8. The zero-order valence-corrected chi connectivity index (χ0v) is 18.1. The lowest BCUT2D eigenvalue weighted by Gasteiger charge is -2.18. The van der Waals surface area contributed by atoms with Crippen molar-refractivity contribution in [2.45, 2.75) is 59.2 Å². The second kappa shape index (κ2) is 8.11. The molecular weight excluding hydrogens is 376 g/mol. The van der Waals surface area contributed by atoms with Crippen LogP contribution >= 0.6 is 0 Å². The molecule has 0 aliphatic rings. The number of nitrogens with zero attached hydrogens (tertiary/aromatic N) is 3. The van der Waals surface area contributed by atoms with Crippen molar-refractivity contribution in [3.8, 4) is 0 Å². The number of hydrogen-bond acceptors (Lipinski definition) is 3. The zero-order valence-electron chi connectivity index (χ0n) is 18.1. The third kappa shape index (κ3) is 3.56. The Kier molecular flexibility index (Phi) is 5.52. The van der Waals surface area contributed by atoms with Crippen molar-refractivity contribution in [1.29, 1.82) is 0 Å².